The number of thioether (sulfide) groups is 1. The summed E-state index contributed by atoms with van der Waals surface area (Å²) in [4.78, 5) is 16.3. The van der Waals surface area contributed by atoms with Crippen LogP contribution in [0.25, 0.3) is 0 Å². The van der Waals surface area contributed by atoms with Crippen LogP contribution in [0.3, 0.4) is 0 Å². The number of aromatic nitrogens is 2. The first-order chi connectivity index (χ1) is 15.0. The molecule has 2 aromatic carbocycles. The number of urea groups is 1. The predicted molar refractivity (Wildman–Crippen MR) is 127 cm³/mol. The standard InChI is InChI=1S/C22H27N5O2S2/c1-15-6-4-7-18(13-15)14-30-22-24-21(31-27-22)26-25-20(28)23-10-5-11-29-19-9-8-16(2)12-17(19)3/h4,6-9,12-13H,5,10-11,14H2,1-3H3,(H2,23,25,28)(H,24,26,27). The maximum atomic E-state index is 11.9. The summed E-state index contributed by atoms with van der Waals surface area (Å²) in [6.45, 7) is 7.20. The zero-order valence-corrected chi connectivity index (χ0v) is 19.5. The molecule has 0 spiro atoms. The van der Waals surface area contributed by atoms with E-state index in [9.17, 15) is 4.79 Å². The number of ether oxygens (including phenoxy) is 1. The molecule has 0 bridgehead atoms. The van der Waals surface area contributed by atoms with Crippen molar-refractivity contribution < 1.29 is 9.53 Å². The van der Waals surface area contributed by atoms with Gasteiger partial charge < -0.3 is 10.1 Å². The summed E-state index contributed by atoms with van der Waals surface area (Å²) < 4.78 is 10.1. The second-order valence-electron chi connectivity index (χ2n) is 7.14. The van der Waals surface area contributed by atoms with E-state index in [0.717, 1.165) is 17.1 Å². The Labute approximate surface area is 191 Å². The van der Waals surface area contributed by atoms with Gasteiger partial charge in [-0.05, 0) is 44.4 Å². The first kappa shape index (κ1) is 22.9. The van der Waals surface area contributed by atoms with Crippen LogP contribution in [0.4, 0.5) is 9.93 Å². The number of rotatable bonds is 10. The van der Waals surface area contributed by atoms with Gasteiger partial charge in [-0.25, -0.2) is 10.2 Å². The molecule has 0 aliphatic rings. The summed E-state index contributed by atoms with van der Waals surface area (Å²) in [5.74, 6) is 1.68. The van der Waals surface area contributed by atoms with Crippen molar-refractivity contribution in [1.82, 2.24) is 20.1 Å². The van der Waals surface area contributed by atoms with Gasteiger partial charge in [0.1, 0.15) is 5.75 Å². The lowest BCUT2D eigenvalue weighted by molar-refractivity contribution is 0.241. The molecule has 0 radical (unpaired) electrons. The third-order valence-electron chi connectivity index (χ3n) is 4.34. The smallest absolute Gasteiger partial charge is 0.333 e. The topological polar surface area (TPSA) is 88.2 Å². The molecule has 3 rings (SSSR count). The van der Waals surface area contributed by atoms with Crippen molar-refractivity contribution >= 4 is 34.5 Å². The highest BCUT2D eigenvalue weighted by Gasteiger charge is 2.07. The highest BCUT2D eigenvalue weighted by molar-refractivity contribution is 7.98. The fraction of sp³-hybridized carbons (Fsp3) is 0.318. The molecular formula is C22H27N5O2S2. The Morgan fingerprint density at radius 2 is 1.97 bits per heavy atom. The molecule has 0 fully saturated rings. The van der Waals surface area contributed by atoms with Gasteiger partial charge in [-0.15, -0.1) is 0 Å². The van der Waals surface area contributed by atoms with E-state index >= 15 is 0 Å². The summed E-state index contributed by atoms with van der Waals surface area (Å²) in [7, 11) is 0. The number of hydrogen-bond donors (Lipinski definition) is 3. The SMILES string of the molecule is Cc1cccc(CSc2nsc(NNC(=O)NCCCOc3ccc(C)cc3C)n2)c1. The van der Waals surface area contributed by atoms with Gasteiger partial charge in [0.25, 0.3) is 0 Å². The van der Waals surface area contributed by atoms with Crippen LogP contribution in [0.5, 0.6) is 5.75 Å². The Morgan fingerprint density at radius 3 is 2.77 bits per heavy atom. The van der Waals surface area contributed by atoms with E-state index in [-0.39, 0.29) is 6.03 Å². The van der Waals surface area contributed by atoms with Gasteiger partial charge in [0, 0.05) is 23.8 Å². The van der Waals surface area contributed by atoms with Crippen molar-refractivity contribution in [2.75, 3.05) is 18.6 Å². The molecule has 0 unspecified atom stereocenters. The highest BCUT2D eigenvalue weighted by Crippen LogP contribution is 2.23. The minimum absolute atomic E-state index is 0.323. The largest absolute Gasteiger partial charge is 0.493 e. The van der Waals surface area contributed by atoms with Gasteiger partial charge in [-0.1, -0.05) is 59.3 Å². The molecule has 0 aliphatic carbocycles. The molecule has 9 heteroatoms. The van der Waals surface area contributed by atoms with Crippen molar-refractivity contribution in [2.24, 2.45) is 0 Å². The van der Waals surface area contributed by atoms with Crippen molar-refractivity contribution in [3.63, 3.8) is 0 Å². The van der Waals surface area contributed by atoms with E-state index in [1.807, 2.05) is 25.1 Å². The fourth-order valence-electron chi connectivity index (χ4n) is 2.84. The summed E-state index contributed by atoms with van der Waals surface area (Å²) in [5, 5.41) is 4.00. The molecule has 0 saturated heterocycles. The molecule has 3 N–H and O–H groups in total. The lowest BCUT2D eigenvalue weighted by Gasteiger charge is -2.10. The number of anilines is 1. The average molecular weight is 458 g/mol. The van der Waals surface area contributed by atoms with E-state index < -0.39 is 0 Å². The van der Waals surface area contributed by atoms with Gasteiger partial charge in [0.15, 0.2) is 0 Å². The van der Waals surface area contributed by atoms with E-state index in [2.05, 4.69) is 63.6 Å². The Morgan fingerprint density at radius 1 is 1.13 bits per heavy atom. The van der Waals surface area contributed by atoms with Crippen LogP contribution in [0.2, 0.25) is 0 Å². The van der Waals surface area contributed by atoms with Gasteiger partial charge >= 0.3 is 6.03 Å². The van der Waals surface area contributed by atoms with Crippen LogP contribution in [-0.4, -0.2) is 28.5 Å². The number of aryl methyl sites for hydroxylation is 3. The summed E-state index contributed by atoms with van der Waals surface area (Å²) in [5.41, 5.74) is 10.2. The number of amides is 2. The van der Waals surface area contributed by atoms with Crippen LogP contribution in [0.1, 0.15) is 28.7 Å². The molecule has 3 aromatic rings. The summed E-state index contributed by atoms with van der Waals surface area (Å²) in [6, 6.07) is 14.1. The minimum atomic E-state index is -0.323. The molecule has 1 aromatic heterocycles. The number of benzene rings is 2. The molecule has 1 heterocycles. The molecular weight excluding hydrogens is 430 g/mol. The normalized spacial score (nSPS) is 10.5. The Balaban J connectivity index is 1.30. The highest BCUT2D eigenvalue weighted by atomic mass is 32.2. The van der Waals surface area contributed by atoms with Crippen molar-refractivity contribution in [3.8, 4) is 5.75 Å². The van der Waals surface area contributed by atoms with E-state index in [1.54, 1.807) is 11.8 Å². The number of hydrazine groups is 1. The number of carbonyl (C=O) groups excluding carboxylic acids is 1. The molecule has 31 heavy (non-hydrogen) atoms. The van der Waals surface area contributed by atoms with Crippen LogP contribution in [0.15, 0.2) is 47.6 Å². The van der Waals surface area contributed by atoms with Crippen molar-refractivity contribution in [3.05, 3.63) is 64.7 Å². The third-order valence-corrected chi connectivity index (χ3v) is 6.00. The number of nitrogens with zero attached hydrogens (tertiary/aromatic N) is 2. The maximum Gasteiger partial charge on any atom is 0.333 e. The zero-order chi connectivity index (χ0) is 22.1. The Bertz CT molecular complexity index is 1010. The lowest BCUT2D eigenvalue weighted by atomic mass is 10.1. The summed E-state index contributed by atoms with van der Waals surface area (Å²) >= 11 is 2.77. The van der Waals surface area contributed by atoms with E-state index in [0.29, 0.717) is 29.9 Å². The van der Waals surface area contributed by atoms with Crippen molar-refractivity contribution in [2.45, 2.75) is 38.1 Å². The molecule has 164 valence electrons. The number of nitrogens with one attached hydrogen (secondary N) is 3. The van der Waals surface area contributed by atoms with Crippen molar-refractivity contribution in [1.29, 1.82) is 0 Å². The van der Waals surface area contributed by atoms with Gasteiger partial charge in [-0.2, -0.15) is 9.36 Å². The molecule has 0 aliphatic heterocycles. The van der Waals surface area contributed by atoms with Gasteiger partial charge in [0.05, 0.1) is 6.61 Å². The Kier molecular flexibility index (Phi) is 8.54. The monoisotopic (exact) mass is 457 g/mol. The van der Waals surface area contributed by atoms with E-state index in [1.165, 1.54) is 28.2 Å². The number of carbonyl (C=O) groups is 1. The average Bonchev–Trinajstić information content (AvgIpc) is 3.20. The second kappa shape index (κ2) is 11.6. The van der Waals surface area contributed by atoms with Crippen LogP contribution in [0, 0.1) is 20.8 Å². The van der Waals surface area contributed by atoms with Gasteiger partial charge in [-0.3, -0.25) is 5.43 Å². The quantitative estimate of drug-likeness (QED) is 0.229. The lowest BCUT2D eigenvalue weighted by Crippen LogP contribution is -2.39. The number of hydrogen-bond acceptors (Lipinski definition) is 7. The summed E-state index contributed by atoms with van der Waals surface area (Å²) in [6.07, 6.45) is 0.708. The molecule has 0 saturated carbocycles. The molecule has 0 atom stereocenters. The van der Waals surface area contributed by atoms with E-state index in [4.69, 9.17) is 4.74 Å². The maximum absolute atomic E-state index is 11.9. The van der Waals surface area contributed by atoms with Crippen LogP contribution < -0.4 is 20.9 Å². The first-order valence-electron chi connectivity index (χ1n) is 10.0. The third kappa shape index (κ3) is 7.76. The molecule has 7 nitrogen and oxygen atoms in total. The second-order valence-corrected chi connectivity index (χ2v) is 8.83. The fourth-order valence-corrected chi connectivity index (χ4v) is 4.28. The van der Waals surface area contributed by atoms with Gasteiger partial charge in [0.2, 0.25) is 10.3 Å². The van der Waals surface area contributed by atoms with Crippen LogP contribution in [-0.2, 0) is 5.75 Å². The zero-order valence-electron chi connectivity index (χ0n) is 17.9. The predicted octanol–water partition coefficient (Wildman–Crippen LogP) is 4.85. The Hall–Kier alpha value is -2.78. The minimum Gasteiger partial charge on any atom is -0.493 e. The first-order valence-corrected chi connectivity index (χ1v) is 11.8. The molecule has 2 amide bonds. The van der Waals surface area contributed by atoms with Crippen LogP contribution >= 0.6 is 23.3 Å².